The van der Waals surface area contributed by atoms with Crippen LogP contribution in [0.1, 0.15) is 47.2 Å². The molecule has 8 heteroatoms. The van der Waals surface area contributed by atoms with Crippen LogP contribution in [0.15, 0.2) is 42.5 Å². The van der Waals surface area contributed by atoms with Crippen LogP contribution in [-0.4, -0.2) is 11.8 Å². The lowest BCUT2D eigenvalue weighted by Gasteiger charge is -2.29. The molecule has 0 atom stereocenters. The van der Waals surface area contributed by atoms with Crippen molar-refractivity contribution in [2.45, 2.75) is 37.3 Å². The number of carbonyl (C=O) groups is 2. The average Bonchev–Trinajstić information content (AvgIpc) is 3.12. The van der Waals surface area contributed by atoms with Crippen molar-refractivity contribution in [3.8, 4) is 0 Å². The first kappa shape index (κ1) is 20.2. The summed E-state index contributed by atoms with van der Waals surface area (Å²) in [6, 6.07) is 9.20. The molecular weight excluding hydrogens is 393 g/mol. The summed E-state index contributed by atoms with van der Waals surface area (Å²) in [5, 5.41) is 2.82. The molecule has 3 N–H and O–H groups in total. The number of primary amides is 1. The number of amides is 2. The number of benzene rings is 2. The molecule has 0 saturated heterocycles. The van der Waals surface area contributed by atoms with Crippen molar-refractivity contribution >= 4 is 29.1 Å². The van der Waals surface area contributed by atoms with Gasteiger partial charge in [-0.1, -0.05) is 42.6 Å². The van der Waals surface area contributed by atoms with Gasteiger partial charge in [-0.25, -0.2) is 0 Å². The van der Waals surface area contributed by atoms with Crippen LogP contribution in [0.4, 0.5) is 18.9 Å². The Morgan fingerprint density at radius 1 is 1.07 bits per heavy atom. The van der Waals surface area contributed by atoms with Gasteiger partial charge in [0.15, 0.2) is 0 Å². The van der Waals surface area contributed by atoms with Crippen molar-refractivity contribution in [3.05, 3.63) is 64.2 Å². The summed E-state index contributed by atoms with van der Waals surface area (Å²) in [6.07, 6.45) is -2.10. The van der Waals surface area contributed by atoms with E-state index in [-0.39, 0.29) is 10.6 Å². The van der Waals surface area contributed by atoms with Crippen molar-refractivity contribution in [2.75, 3.05) is 5.32 Å². The van der Waals surface area contributed by atoms with Crippen LogP contribution in [-0.2, 0) is 16.4 Å². The lowest BCUT2D eigenvalue weighted by molar-refractivity contribution is -0.137. The molecule has 0 aliphatic heterocycles. The van der Waals surface area contributed by atoms with E-state index in [2.05, 4.69) is 5.32 Å². The first-order valence-corrected chi connectivity index (χ1v) is 9.10. The number of nitrogens with two attached hydrogens (primary N) is 1. The molecule has 1 aliphatic carbocycles. The Hall–Kier alpha value is -2.54. The maximum atomic E-state index is 13.1. The van der Waals surface area contributed by atoms with Crippen LogP contribution < -0.4 is 11.1 Å². The van der Waals surface area contributed by atoms with Crippen molar-refractivity contribution in [1.29, 1.82) is 0 Å². The molecule has 3 rings (SSSR count). The van der Waals surface area contributed by atoms with Gasteiger partial charge in [0, 0.05) is 5.69 Å². The van der Waals surface area contributed by atoms with E-state index in [0.29, 0.717) is 24.1 Å². The highest BCUT2D eigenvalue weighted by Crippen LogP contribution is 2.43. The molecule has 2 amide bonds. The highest BCUT2D eigenvalue weighted by molar-refractivity contribution is 6.34. The summed E-state index contributed by atoms with van der Waals surface area (Å²) >= 11 is 6.01. The van der Waals surface area contributed by atoms with Crippen molar-refractivity contribution < 1.29 is 22.8 Å². The SMILES string of the molecule is NC(=O)c1ccc(NC(=O)C2(c3cccc(C(F)(F)F)c3)CCCC2)cc1Cl. The Balaban J connectivity index is 1.93. The zero-order chi connectivity index (χ0) is 20.5. The Morgan fingerprint density at radius 2 is 1.75 bits per heavy atom. The number of carbonyl (C=O) groups excluding carboxylic acids is 2. The fourth-order valence-corrected chi connectivity index (χ4v) is 3.94. The lowest BCUT2D eigenvalue weighted by atomic mass is 9.77. The smallest absolute Gasteiger partial charge is 0.366 e. The van der Waals surface area contributed by atoms with Gasteiger partial charge < -0.3 is 11.1 Å². The highest BCUT2D eigenvalue weighted by Gasteiger charge is 2.44. The Bertz CT molecular complexity index is 922. The number of halogens is 4. The van der Waals surface area contributed by atoms with Gasteiger partial charge >= 0.3 is 6.18 Å². The molecule has 0 aromatic heterocycles. The van der Waals surface area contributed by atoms with E-state index in [4.69, 9.17) is 17.3 Å². The van der Waals surface area contributed by atoms with Gasteiger partial charge in [0.25, 0.3) is 0 Å². The molecule has 0 spiro atoms. The first-order valence-electron chi connectivity index (χ1n) is 8.72. The second-order valence-electron chi connectivity index (χ2n) is 6.88. The normalized spacial score (nSPS) is 16.0. The largest absolute Gasteiger partial charge is 0.416 e. The quantitative estimate of drug-likeness (QED) is 0.751. The number of alkyl halides is 3. The fourth-order valence-electron chi connectivity index (χ4n) is 3.66. The molecule has 28 heavy (non-hydrogen) atoms. The summed E-state index contributed by atoms with van der Waals surface area (Å²) < 4.78 is 39.4. The van der Waals surface area contributed by atoms with Gasteiger partial charge in [-0.3, -0.25) is 9.59 Å². The number of hydrogen-bond donors (Lipinski definition) is 2. The molecule has 0 unspecified atom stereocenters. The molecule has 0 heterocycles. The van der Waals surface area contributed by atoms with E-state index in [9.17, 15) is 22.8 Å². The summed E-state index contributed by atoms with van der Waals surface area (Å²) in [6.45, 7) is 0. The summed E-state index contributed by atoms with van der Waals surface area (Å²) in [7, 11) is 0. The van der Waals surface area contributed by atoms with E-state index in [1.54, 1.807) is 6.07 Å². The number of hydrogen-bond acceptors (Lipinski definition) is 2. The monoisotopic (exact) mass is 410 g/mol. The molecule has 1 saturated carbocycles. The highest BCUT2D eigenvalue weighted by atomic mass is 35.5. The first-order chi connectivity index (χ1) is 13.1. The van der Waals surface area contributed by atoms with E-state index < -0.39 is 29.0 Å². The minimum atomic E-state index is -4.48. The third-order valence-corrected chi connectivity index (χ3v) is 5.44. The molecule has 4 nitrogen and oxygen atoms in total. The number of nitrogens with one attached hydrogen (secondary N) is 1. The third kappa shape index (κ3) is 3.85. The predicted octanol–water partition coefficient (Wildman–Crippen LogP) is 4.91. The Labute approximate surface area is 164 Å². The molecule has 2 aromatic rings. The van der Waals surface area contributed by atoms with E-state index in [1.165, 1.54) is 24.3 Å². The van der Waals surface area contributed by atoms with Gasteiger partial charge in [-0.2, -0.15) is 13.2 Å². The van der Waals surface area contributed by atoms with E-state index >= 15 is 0 Å². The summed E-state index contributed by atoms with van der Waals surface area (Å²) in [4.78, 5) is 24.4. The van der Waals surface area contributed by atoms with Gasteiger partial charge in [-0.05, 0) is 42.7 Å². The van der Waals surface area contributed by atoms with Gasteiger partial charge in [-0.15, -0.1) is 0 Å². The lowest BCUT2D eigenvalue weighted by Crippen LogP contribution is -2.38. The summed E-state index contributed by atoms with van der Waals surface area (Å²) in [5.41, 5.74) is 4.19. The minimum Gasteiger partial charge on any atom is -0.366 e. The van der Waals surface area contributed by atoms with Crippen LogP contribution in [0, 0.1) is 0 Å². The zero-order valence-electron chi connectivity index (χ0n) is 14.8. The van der Waals surface area contributed by atoms with Gasteiger partial charge in [0.2, 0.25) is 11.8 Å². The fraction of sp³-hybridized carbons (Fsp3) is 0.300. The molecule has 0 bridgehead atoms. The number of anilines is 1. The second-order valence-corrected chi connectivity index (χ2v) is 7.29. The van der Waals surface area contributed by atoms with Crippen LogP contribution in [0.2, 0.25) is 5.02 Å². The van der Waals surface area contributed by atoms with Crippen LogP contribution >= 0.6 is 11.6 Å². The van der Waals surface area contributed by atoms with Crippen LogP contribution in [0.25, 0.3) is 0 Å². The predicted molar refractivity (Wildman–Crippen MR) is 100 cm³/mol. The molecule has 1 aliphatic rings. The maximum absolute atomic E-state index is 13.1. The van der Waals surface area contributed by atoms with Gasteiger partial charge in [0.1, 0.15) is 0 Å². The maximum Gasteiger partial charge on any atom is 0.416 e. The molecule has 1 fully saturated rings. The average molecular weight is 411 g/mol. The summed E-state index contributed by atoms with van der Waals surface area (Å²) in [5.74, 6) is -1.09. The molecule has 148 valence electrons. The van der Waals surface area contributed by atoms with Gasteiger partial charge in [0.05, 0.1) is 21.6 Å². The topological polar surface area (TPSA) is 72.2 Å². The molecule has 0 radical (unpaired) electrons. The zero-order valence-corrected chi connectivity index (χ0v) is 15.5. The van der Waals surface area contributed by atoms with Crippen molar-refractivity contribution in [1.82, 2.24) is 0 Å². The van der Waals surface area contributed by atoms with Crippen LogP contribution in [0.3, 0.4) is 0 Å². The Morgan fingerprint density at radius 3 is 2.32 bits per heavy atom. The van der Waals surface area contributed by atoms with E-state index in [0.717, 1.165) is 25.0 Å². The minimum absolute atomic E-state index is 0.0878. The van der Waals surface area contributed by atoms with Crippen LogP contribution in [0.5, 0.6) is 0 Å². The molecular formula is C20H18ClF3N2O2. The Kier molecular flexibility index (Phi) is 5.39. The number of rotatable bonds is 4. The van der Waals surface area contributed by atoms with Crippen molar-refractivity contribution in [2.24, 2.45) is 5.73 Å². The molecule has 2 aromatic carbocycles. The third-order valence-electron chi connectivity index (χ3n) is 5.13. The van der Waals surface area contributed by atoms with E-state index in [1.807, 2.05) is 0 Å². The van der Waals surface area contributed by atoms with Crippen molar-refractivity contribution in [3.63, 3.8) is 0 Å². The second kappa shape index (κ2) is 7.47. The standard InChI is InChI=1S/C20H18ClF3N2O2/c21-16-11-14(6-7-15(16)17(25)27)26-18(28)19(8-1-2-9-19)12-4-3-5-13(10-12)20(22,23)24/h3-7,10-11H,1-2,8-9H2,(H2,25,27)(H,26,28).